The molecule has 0 aliphatic carbocycles. The Labute approximate surface area is 75.3 Å². The SMILES string of the molecule is CC(C)(C)OC(=O)c1conc1[O]. The summed E-state index contributed by atoms with van der Waals surface area (Å²) in [6, 6.07) is 0. The van der Waals surface area contributed by atoms with Crippen LogP contribution in [0.2, 0.25) is 0 Å². The van der Waals surface area contributed by atoms with Gasteiger partial charge in [-0.2, -0.15) is 0 Å². The van der Waals surface area contributed by atoms with Gasteiger partial charge < -0.3 is 9.26 Å². The van der Waals surface area contributed by atoms with E-state index in [-0.39, 0.29) is 5.56 Å². The van der Waals surface area contributed by atoms with Crippen LogP contribution in [0.15, 0.2) is 10.8 Å². The van der Waals surface area contributed by atoms with Gasteiger partial charge in [-0.25, -0.2) is 4.79 Å². The number of hydrogen-bond acceptors (Lipinski definition) is 4. The molecule has 0 aliphatic rings. The van der Waals surface area contributed by atoms with E-state index in [2.05, 4.69) is 9.68 Å². The Balaban J connectivity index is 2.76. The molecule has 1 rings (SSSR count). The molecule has 5 heteroatoms. The molecule has 0 unspecified atom stereocenters. The number of carbonyl (C=O) groups excluding carboxylic acids is 1. The van der Waals surface area contributed by atoms with Crippen molar-refractivity contribution in [3.8, 4) is 5.88 Å². The van der Waals surface area contributed by atoms with Gasteiger partial charge in [0.2, 0.25) is 0 Å². The van der Waals surface area contributed by atoms with Gasteiger partial charge in [-0.15, -0.1) is 0 Å². The van der Waals surface area contributed by atoms with Crippen molar-refractivity contribution in [1.29, 1.82) is 0 Å². The molecular weight excluding hydrogens is 174 g/mol. The number of esters is 1. The maximum Gasteiger partial charge on any atom is 0.347 e. The predicted octanol–water partition coefficient (Wildman–Crippen LogP) is 1.77. The molecule has 0 aliphatic heterocycles. The third-order valence-corrected chi connectivity index (χ3v) is 1.16. The minimum atomic E-state index is -0.709. The molecule has 0 spiro atoms. The second-order valence-electron chi connectivity index (χ2n) is 3.54. The van der Waals surface area contributed by atoms with E-state index in [1.54, 1.807) is 20.8 Å². The number of aromatic nitrogens is 1. The predicted molar refractivity (Wildman–Crippen MR) is 41.8 cm³/mol. The van der Waals surface area contributed by atoms with Gasteiger partial charge in [0.25, 0.3) is 0 Å². The zero-order valence-corrected chi connectivity index (χ0v) is 7.66. The Morgan fingerprint density at radius 1 is 1.54 bits per heavy atom. The molecule has 0 amide bonds. The molecule has 0 N–H and O–H groups in total. The number of nitrogens with zero attached hydrogens (tertiary/aromatic N) is 1. The molecule has 1 radical (unpaired) electrons. The molecular formula is C8H10NO4. The highest BCUT2D eigenvalue weighted by atomic mass is 16.6. The molecule has 5 nitrogen and oxygen atoms in total. The maximum atomic E-state index is 11.2. The Morgan fingerprint density at radius 3 is 2.54 bits per heavy atom. The number of carbonyl (C=O) groups is 1. The largest absolute Gasteiger partial charge is 0.456 e. The van der Waals surface area contributed by atoms with E-state index in [0.29, 0.717) is 0 Å². The van der Waals surface area contributed by atoms with Crippen LogP contribution in [0.3, 0.4) is 0 Å². The van der Waals surface area contributed by atoms with Crippen LogP contribution in [0.5, 0.6) is 5.88 Å². The minimum absolute atomic E-state index is 0.171. The maximum absolute atomic E-state index is 11.2. The molecule has 0 saturated heterocycles. The van der Waals surface area contributed by atoms with Gasteiger partial charge in [-0.1, -0.05) is 0 Å². The first kappa shape index (κ1) is 9.57. The second kappa shape index (κ2) is 3.08. The Morgan fingerprint density at radius 2 is 2.15 bits per heavy atom. The monoisotopic (exact) mass is 184 g/mol. The van der Waals surface area contributed by atoms with Crippen molar-refractivity contribution in [3.63, 3.8) is 0 Å². The lowest BCUT2D eigenvalue weighted by atomic mass is 10.2. The summed E-state index contributed by atoms with van der Waals surface area (Å²) in [7, 11) is 0. The van der Waals surface area contributed by atoms with E-state index < -0.39 is 17.5 Å². The van der Waals surface area contributed by atoms with Crippen molar-refractivity contribution in [2.45, 2.75) is 26.4 Å². The molecule has 0 fully saturated rings. The molecule has 1 heterocycles. The number of rotatable bonds is 1. The molecule has 71 valence electrons. The molecule has 1 aromatic rings. The average molecular weight is 184 g/mol. The lowest BCUT2D eigenvalue weighted by Gasteiger charge is -2.18. The highest BCUT2D eigenvalue weighted by Gasteiger charge is 2.23. The van der Waals surface area contributed by atoms with Gasteiger partial charge in [0.05, 0.1) is 0 Å². The van der Waals surface area contributed by atoms with Crippen LogP contribution in [0.4, 0.5) is 0 Å². The zero-order chi connectivity index (χ0) is 10.1. The summed E-state index contributed by atoms with van der Waals surface area (Å²) in [6.07, 6.45) is 0.983. The van der Waals surface area contributed by atoms with E-state index in [1.807, 2.05) is 0 Å². The molecule has 13 heavy (non-hydrogen) atoms. The lowest BCUT2D eigenvalue weighted by Crippen LogP contribution is -2.23. The summed E-state index contributed by atoms with van der Waals surface area (Å²) in [5.41, 5.74) is -0.796. The first-order chi connectivity index (χ1) is 5.90. The summed E-state index contributed by atoms with van der Waals surface area (Å²) < 4.78 is 9.24. The van der Waals surface area contributed by atoms with Crippen LogP contribution >= 0.6 is 0 Å². The minimum Gasteiger partial charge on any atom is -0.456 e. The molecule has 0 aromatic carbocycles. The Kier molecular flexibility index (Phi) is 2.27. The fourth-order valence-corrected chi connectivity index (χ4v) is 0.695. The summed E-state index contributed by atoms with van der Waals surface area (Å²) in [5, 5.41) is 13.9. The normalized spacial score (nSPS) is 11.3. The molecule has 0 saturated carbocycles. The van der Waals surface area contributed by atoms with Crippen molar-refractivity contribution < 1.29 is 19.2 Å². The van der Waals surface area contributed by atoms with Crippen molar-refractivity contribution in [1.82, 2.24) is 5.16 Å². The summed E-state index contributed by atoms with van der Waals surface area (Å²) in [6.45, 7) is 5.13. The fourth-order valence-electron chi connectivity index (χ4n) is 0.695. The van der Waals surface area contributed by atoms with Crippen LogP contribution < -0.4 is 0 Å². The van der Waals surface area contributed by atoms with Crippen molar-refractivity contribution in [3.05, 3.63) is 11.8 Å². The van der Waals surface area contributed by atoms with Gasteiger partial charge in [-0.05, 0) is 25.9 Å². The Hall–Kier alpha value is -1.52. The lowest BCUT2D eigenvalue weighted by molar-refractivity contribution is 0.00650. The van der Waals surface area contributed by atoms with E-state index in [4.69, 9.17) is 4.74 Å². The number of hydrogen-bond donors (Lipinski definition) is 0. The summed E-state index contributed by atoms with van der Waals surface area (Å²) in [4.78, 5) is 11.2. The highest BCUT2D eigenvalue weighted by molar-refractivity contribution is 5.91. The van der Waals surface area contributed by atoms with E-state index in [1.165, 1.54) is 0 Å². The summed E-state index contributed by atoms with van der Waals surface area (Å²) >= 11 is 0. The van der Waals surface area contributed by atoms with Gasteiger partial charge in [-0.3, -0.25) is 5.11 Å². The van der Waals surface area contributed by atoms with E-state index in [0.717, 1.165) is 6.26 Å². The highest BCUT2D eigenvalue weighted by Crippen LogP contribution is 2.18. The van der Waals surface area contributed by atoms with Crippen LogP contribution in [0.25, 0.3) is 0 Å². The van der Waals surface area contributed by atoms with Crippen molar-refractivity contribution >= 4 is 5.97 Å². The zero-order valence-electron chi connectivity index (χ0n) is 7.66. The fraction of sp³-hybridized carbons (Fsp3) is 0.500. The van der Waals surface area contributed by atoms with Crippen LogP contribution in [0.1, 0.15) is 31.1 Å². The van der Waals surface area contributed by atoms with Crippen LogP contribution in [-0.2, 0) is 9.84 Å². The standard InChI is InChI=1S/C8H10NO4/c1-8(2,3)13-7(11)5-4-12-9-6(5)10/h4H,1-3H3. The first-order valence-corrected chi connectivity index (χ1v) is 3.75. The van der Waals surface area contributed by atoms with E-state index >= 15 is 0 Å². The molecule has 0 bridgehead atoms. The average Bonchev–Trinajstić information content (AvgIpc) is 2.30. The van der Waals surface area contributed by atoms with Crippen molar-refractivity contribution in [2.24, 2.45) is 0 Å². The smallest absolute Gasteiger partial charge is 0.347 e. The van der Waals surface area contributed by atoms with Gasteiger partial charge in [0.1, 0.15) is 11.9 Å². The van der Waals surface area contributed by atoms with Gasteiger partial charge >= 0.3 is 11.8 Å². The van der Waals surface area contributed by atoms with Crippen LogP contribution in [0, 0.1) is 0 Å². The quantitative estimate of drug-likeness (QED) is 0.623. The van der Waals surface area contributed by atoms with Crippen molar-refractivity contribution in [2.75, 3.05) is 0 Å². The molecule has 0 atom stereocenters. The third-order valence-electron chi connectivity index (χ3n) is 1.16. The third kappa shape index (κ3) is 2.47. The topological polar surface area (TPSA) is 72.2 Å². The van der Waals surface area contributed by atoms with Crippen LogP contribution in [-0.4, -0.2) is 16.7 Å². The van der Waals surface area contributed by atoms with Gasteiger partial charge in [0.15, 0.2) is 5.56 Å². The number of ether oxygens (including phenoxy) is 1. The summed E-state index contributed by atoms with van der Waals surface area (Å²) in [5.74, 6) is -1.41. The van der Waals surface area contributed by atoms with Gasteiger partial charge in [0, 0.05) is 0 Å². The first-order valence-electron chi connectivity index (χ1n) is 3.75. The second-order valence-corrected chi connectivity index (χ2v) is 3.54. The molecule has 1 aromatic heterocycles. The Bertz CT molecular complexity index is 310. The van der Waals surface area contributed by atoms with E-state index in [9.17, 15) is 9.90 Å².